The highest BCUT2D eigenvalue weighted by Crippen LogP contribution is 2.32. The van der Waals surface area contributed by atoms with Gasteiger partial charge in [0.25, 0.3) is 0 Å². The highest BCUT2D eigenvalue weighted by Gasteiger charge is 2.14. The second-order valence-corrected chi connectivity index (χ2v) is 6.30. The quantitative estimate of drug-likeness (QED) is 0.362. The maximum Gasteiger partial charge on any atom is 0.231 e. The minimum absolute atomic E-state index is 0. The Morgan fingerprint density at radius 2 is 1.93 bits per heavy atom. The van der Waals surface area contributed by atoms with Crippen molar-refractivity contribution in [2.75, 3.05) is 20.4 Å². The first kappa shape index (κ1) is 22.2. The highest BCUT2D eigenvalue weighted by atomic mass is 127. The third-order valence-corrected chi connectivity index (χ3v) is 4.25. The normalized spacial score (nSPS) is 12.5. The molecule has 1 heterocycles. The summed E-state index contributed by atoms with van der Waals surface area (Å²) in [6.45, 7) is 3.70. The van der Waals surface area contributed by atoms with Gasteiger partial charge in [-0.05, 0) is 42.3 Å². The van der Waals surface area contributed by atoms with Gasteiger partial charge in [-0.3, -0.25) is 0 Å². The number of halogens is 2. The predicted octanol–water partition coefficient (Wildman–Crippen LogP) is 3.26. The number of aliphatic hydroxyl groups is 1. The standard InChI is InChI=1S/C20H24FN3O3.HI/c1-3-22-20(23-10-14-4-6-17(21)16(8-14)12-25)24(2)11-15-5-7-18-19(9-15)27-13-26-18;/h4-9,25H,3,10-13H2,1-2H3,(H,22,23);1H. The van der Waals surface area contributed by atoms with Gasteiger partial charge in [-0.2, -0.15) is 0 Å². The lowest BCUT2D eigenvalue weighted by molar-refractivity contribution is 0.174. The van der Waals surface area contributed by atoms with Crippen LogP contribution in [0.15, 0.2) is 41.4 Å². The molecule has 2 aromatic rings. The summed E-state index contributed by atoms with van der Waals surface area (Å²) in [5.74, 6) is 1.85. The van der Waals surface area contributed by atoms with Crippen molar-refractivity contribution in [3.05, 3.63) is 58.9 Å². The monoisotopic (exact) mass is 501 g/mol. The van der Waals surface area contributed by atoms with Crippen molar-refractivity contribution in [2.45, 2.75) is 26.6 Å². The molecule has 0 atom stereocenters. The van der Waals surface area contributed by atoms with Crippen LogP contribution < -0.4 is 14.8 Å². The summed E-state index contributed by atoms with van der Waals surface area (Å²) in [5.41, 5.74) is 2.20. The average molecular weight is 501 g/mol. The summed E-state index contributed by atoms with van der Waals surface area (Å²) in [4.78, 5) is 6.64. The summed E-state index contributed by atoms with van der Waals surface area (Å²) in [7, 11) is 1.95. The van der Waals surface area contributed by atoms with E-state index in [1.165, 1.54) is 6.07 Å². The van der Waals surface area contributed by atoms with Gasteiger partial charge in [0.05, 0.1) is 13.2 Å². The first-order valence-electron chi connectivity index (χ1n) is 8.87. The van der Waals surface area contributed by atoms with E-state index >= 15 is 0 Å². The summed E-state index contributed by atoms with van der Waals surface area (Å²) < 4.78 is 24.3. The molecular weight excluding hydrogens is 476 g/mol. The number of benzene rings is 2. The number of nitrogens with zero attached hydrogens (tertiary/aromatic N) is 2. The first-order valence-corrected chi connectivity index (χ1v) is 8.87. The number of nitrogens with one attached hydrogen (secondary N) is 1. The van der Waals surface area contributed by atoms with Crippen LogP contribution in [0.5, 0.6) is 11.5 Å². The first-order chi connectivity index (χ1) is 13.1. The van der Waals surface area contributed by atoms with Gasteiger partial charge in [-0.1, -0.05) is 12.1 Å². The molecule has 0 bridgehead atoms. The van der Waals surface area contributed by atoms with Gasteiger partial charge >= 0.3 is 0 Å². The molecule has 6 nitrogen and oxygen atoms in total. The topological polar surface area (TPSA) is 66.3 Å². The zero-order chi connectivity index (χ0) is 19.2. The zero-order valence-corrected chi connectivity index (χ0v) is 18.3. The minimum atomic E-state index is -0.405. The highest BCUT2D eigenvalue weighted by molar-refractivity contribution is 14.0. The number of guanidine groups is 1. The molecule has 0 fully saturated rings. The van der Waals surface area contributed by atoms with Crippen LogP contribution in [0.3, 0.4) is 0 Å². The molecule has 0 unspecified atom stereocenters. The maximum absolute atomic E-state index is 13.5. The SMILES string of the molecule is CCNC(=NCc1ccc(F)c(CO)c1)N(C)Cc1ccc2c(c1)OCO2.I. The fourth-order valence-electron chi connectivity index (χ4n) is 2.87. The fraction of sp³-hybridized carbons (Fsp3) is 0.350. The lowest BCUT2D eigenvalue weighted by Gasteiger charge is -2.22. The van der Waals surface area contributed by atoms with Gasteiger partial charge in [-0.15, -0.1) is 24.0 Å². The Hall–Kier alpha value is -2.07. The van der Waals surface area contributed by atoms with E-state index in [-0.39, 0.29) is 42.9 Å². The van der Waals surface area contributed by atoms with E-state index in [9.17, 15) is 9.50 Å². The molecule has 152 valence electrons. The number of ether oxygens (including phenoxy) is 2. The minimum Gasteiger partial charge on any atom is -0.454 e. The molecule has 1 aliphatic rings. The third-order valence-electron chi connectivity index (χ3n) is 4.25. The van der Waals surface area contributed by atoms with E-state index in [1.54, 1.807) is 12.1 Å². The molecule has 0 amide bonds. The molecule has 8 heteroatoms. The Kier molecular flexibility index (Phi) is 8.31. The van der Waals surface area contributed by atoms with Crippen LogP contribution in [0.1, 0.15) is 23.6 Å². The van der Waals surface area contributed by atoms with E-state index in [1.807, 2.05) is 37.1 Å². The van der Waals surface area contributed by atoms with E-state index < -0.39 is 5.82 Å². The Balaban J connectivity index is 0.00000280. The van der Waals surface area contributed by atoms with Crippen LogP contribution in [0.4, 0.5) is 4.39 Å². The van der Waals surface area contributed by atoms with E-state index in [0.717, 1.165) is 35.1 Å². The van der Waals surface area contributed by atoms with Crippen LogP contribution in [-0.2, 0) is 19.7 Å². The van der Waals surface area contributed by atoms with Crippen molar-refractivity contribution in [3.63, 3.8) is 0 Å². The summed E-state index contributed by atoms with van der Waals surface area (Å²) in [5, 5.41) is 12.5. The molecule has 2 N–H and O–H groups in total. The number of rotatable bonds is 6. The smallest absolute Gasteiger partial charge is 0.231 e. The van der Waals surface area contributed by atoms with Crippen LogP contribution in [0, 0.1) is 5.82 Å². The van der Waals surface area contributed by atoms with Crippen molar-refractivity contribution < 1.29 is 19.0 Å². The fourth-order valence-corrected chi connectivity index (χ4v) is 2.87. The molecule has 0 aromatic heterocycles. The van der Waals surface area contributed by atoms with Crippen molar-refractivity contribution >= 4 is 29.9 Å². The molecule has 0 radical (unpaired) electrons. The van der Waals surface area contributed by atoms with Gasteiger partial charge < -0.3 is 24.8 Å². The Labute approximate surface area is 181 Å². The number of hydrogen-bond acceptors (Lipinski definition) is 4. The van der Waals surface area contributed by atoms with Gasteiger partial charge in [0, 0.05) is 25.7 Å². The van der Waals surface area contributed by atoms with Crippen LogP contribution in [-0.4, -0.2) is 36.4 Å². The lowest BCUT2D eigenvalue weighted by atomic mass is 10.1. The Morgan fingerprint density at radius 1 is 1.18 bits per heavy atom. The maximum atomic E-state index is 13.5. The molecule has 1 aliphatic heterocycles. The Morgan fingerprint density at radius 3 is 2.68 bits per heavy atom. The van der Waals surface area contributed by atoms with Crippen molar-refractivity contribution in [3.8, 4) is 11.5 Å². The lowest BCUT2D eigenvalue weighted by Crippen LogP contribution is -2.38. The van der Waals surface area contributed by atoms with Gasteiger partial charge in [0.2, 0.25) is 6.79 Å². The Bertz CT molecular complexity index is 832. The molecule has 0 saturated carbocycles. The molecule has 28 heavy (non-hydrogen) atoms. The molecule has 0 saturated heterocycles. The summed E-state index contributed by atoms with van der Waals surface area (Å²) in [6.07, 6.45) is 0. The molecule has 0 aliphatic carbocycles. The van der Waals surface area contributed by atoms with Crippen molar-refractivity contribution in [1.29, 1.82) is 0 Å². The third kappa shape index (κ3) is 5.48. The molecular formula is C20H25FIN3O3. The number of aliphatic imine (C=N–C) groups is 1. The molecule has 3 rings (SSSR count). The van der Waals surface area contributed by atoms with Gasteiger partial charge in [0.15, 0.2) is 17.5 Å². The van der Waals surface area contributed by atoms with E-state index in [4.69, 9.17) is 9.47 Å². The van der Waals surface area contributed by atoms with Gasteiger partial charge in [-0.25, -0.2) is 9.38 Å². The van der Waals surface area contributed by atoms with Crippen LogP contribution in [0.25, 0.3) is 0 Å². The summed E-state index contributed by atoms with van der Waals surface area (Å²) in [6, 6.07) is 10.6. The largest absolute Gasteiger partial charge is 0.454 e. The zero-order valence-electron chi connectivity index (χ0n) is 15.9. The van der Waals surface area contributed by atoms with E-state index in [0.29, 0.717) is 13.1 Å². The van der Waals surface area contributed by atoms with Crippen molar-refractivity contribution in [1.82, 2.24) is 10.2 Å². The summed E-state index contributed by atoms with van der Waals surface area (Å²) >= 11 is 0. The van der Waals surface area contributed by atoms with Crippen LogP contribution >= 0.6 is 24.0 Å². The number of fused-ring (bicyclic) bond motifs is 1. The molecule has 2 aromatic carbocycles. The van der Waals surface area contributed by atoms with Gasteiger partial charge in [0.1, 0.15) is 5.82 Å². The number of aliphatic hydroxyl groups excluding tert-OH is 1. The van der Waals surface area contributed by atoms with E-state index in [2.05, 4.69) is 10.3 Å². The second kappa shape index (κ2) is 10.5. The van der Waals surface area contributed by atoms with Crippen LogP contribution in [0.2, 0.25) is 0 Å². The number of hydrogen-bond donors (Lipinski definition) is 2. The van der Waals surface area contributed by atoms with Crippen molar-refractivity contribution in [2.24, 2.45) is 4.99 Å². The average Bonchev–Trinajstić information content (AvgIpc) is 3.14. The predicted molar refractivity (Wildman–Crippen MR) is 117 cm³/mol. The molecule has 0 spiro atoms. The second-order valence-electron chi connectivity index (χ2n) is 6.30.